The van der Waals surface area contributed by atoms with Gasteiger partial charge in [-0.05, 0) is 49.7 Å². The normalized spacial score (nSPS) is 25.2. The van der Waals surface area contributed by atoms with Crippen molar-refractivity contribution >= 4 is 0 Å². The van der Waals surface area contributed by atoms with E-state index in [-0.39, 0.29) is 0 Å². The molecule has 1 unspecified atom stereocenters. The van der Waals surface area contributed by atoms with Crippen LogP contribution in [0.5, 0.6) is 11.5 Å². The van der Waals surface area contributed by atoms with Gasteiger partial charge >= 0.3 is 0 Å². The van der Waals surface area contributed by atoms with E-state index < -0.39 is 0 Å². The maximum Gasteiger partial charge on any atom is 0.122 e. The number of benzene rings is 1. The Bertz CT molecular complexity index is 374. The van der Waals surface area contributed by atoms with Crippen molar-refractivity contribution in [2.24, 2.45) is 0 Å². The molecule has 0 aliphatic carbocycles. The molecule has 0 saturated carbocycles. The largest absolute Gasteiger partial charge is 0.508 e. The molecule has 2 aliphatic rings. The summed E-state index contributed by atoms with van der Waals surface area (Å²) in [5, 5.41) is 9.42. The van der Waals surface area contributed by atoms with Gasteiger partial charge in [-0.2, -0.15) is 0 Å². The minimum Gasteiger partial charge on any atom is -0.508 e. The summed E-state index contributed by atoms with van der Waals surface area (Å²) < 4.78 is 5.70. The summed E-state index contributed by atoms with van der Waals surface area (Å²) >= 11 is 0. The van der Waals surface area contributed by atoms with Crippen LogP contribution in [-0.2, 0) is 6.42 Å². The molecule has 3 rings (SSSR count). The van der Waals surface area contributed by atoms with Crippen LogP contribution in [0.4, 0.5) is 0 Å². The number of likely N-dealkylation sites (tertiary alicyclic amines) is 1. The van der Waals surface area contributed by atoms with E-state index in [1.54, 1.807) is 6.07 Å². The van der Waals surface area contributed by atoms with E-state index in [1.807, 2.05) is 12.1 Å². The third-order valence-electron chi connectivity index (χ3n) is 3.34. The van der Waals surface area contributed by atoms with Crippen molar-refractivity contribution in [2.45, 2.75) is 18.9 Å². The Morgan fingerprint density at radius 3 is 2.93 bits per heavy atom. The third-order valence-corrected chi connectivity index (χ3v) is 3.34. The lowest BCUT2D eigenvalue weighted by atomic mass is 9.99. The molecule has 1 fully saturated rings. The molecule has 0 amide bonds. The van der Waals surface area contributed by atoms with Crippen LogP contribution in [0, 0.1) is 0 Å². The molecule has 0 bridgehead atoms. The highest BCUT2D eigenvalue weighted by Gasteiger charge is 2.28. The highest BCUT2D eigenvalue weighted by Crippen LogP contribution is 2.30. The zero-order valence-electron chi connectivity index (χ0n) is 8.65. The smallest absolute Gasteiger partial charge is 0.122 e. The summed E-state index contributed by atoms with van der Waals surface area (Å²) in [5.74, 6) is 1.27. The topological polar surface area (TPSA) is 32.7 Å². The molecule has 0 spiro atoms. The molecule has 2 heterocycles. The van der Waals surface area contributed by atoms with Crippen LogP contribution in [-0.4, -0.2) is 35.7 Å². The van der Waals surface area contributed by atoms with E-state index in [9.17, 15) is 5.11 Å². The van der Waals surface area contributed by atoms with Gasteiger partial charge in [-0.25, -0.2) is 0 Å². The number of rotatable bonds is 1. The second-order valence-corrected chi connectivity index (χ2v) is 4.35. The van der Waals surface area contributed by atoms with Gasteiger partial charge in [0.15, 0.2) is 0 Å². The quantitative estimate of drug-likeness (QED) is 0.752. The predicted octanol–water partition coefficient (Wildman–Crippen LogP) is 1.40. The second-order valence-electron chi connectivity index (χ2n) is 4.35. The molecular formula is C12H15NO2. The standard InChI is InChI=1S/C12H15NO2/c14-11-2-3-12-9(7-11)6-10(8-15-12)13-4-1-5-13/h2-3,7,10,14H,1,4-6,8H2. The monoisotopic (exact) mass is 205 g/mol. The van der Waals surface area contributed by atoms with Gasteiger partial charge in [0, 0.05) is 6.04 Å². The number of phenolic OH excluding ortho intramolecular Hbond substituents is 1. The average molecular weight is 205 g/mol. The first-order valence-electron chi connectivity index (χ1n) is 5.52. The van der Waals surface area contributed by atoms with Crippen molar-refractivity contribution in [1.29, 1.82) is 0 Å². The lowest BCUT2D eigenvalue weighted by molar-refractivity contribution is 0.0692. The molecule has 1 aromatic carbocycles. The van der Waals surface area contributed by atoms with Crippen molar-refractivity contribution in [3.63, 3.8) is 0 Å². The van der Waals surface area contributed by atoms with E-state index in [2.05, 4.69) is 4.90 Å². The van der Waals surface area contributed by atoms with Gasteiger partial charge in [-0.1, -0.05) is 0 Å². The minimum atomic E-state index is 0.335. The van der Waals surface area contributed by atoms with Crippen LogP contribution in [0.3, 0.4) is 0 Å². The van der Waals surface area contributed by atoms with Crippen LogP contribution < -0.4 is 4.74 Å². The first-order valence-corrected chi connectivity index (χ1v) is 5.52. The molecule has 80 valence electrons. The molecule has 2 aliphatic heterocycles. The first-order chi connectivity index (χ1) is 7.33. The summed E-state index contributed by atoms with van der Waals surface area (Å²) in [7, 11) is 0. The maximum absolute atomic E-state index is 9.42. The number of aromatic hydroxyl groups is 1. The summed E-state index contributed by atoms with van der Waals surface area (Å²) in [5.41, 5.74) is 1.14. The number of hydrogen-bond acceptors (Lipinski definition) is 3. The SMILES string of the molecule is Oc1ccc2c(c1)CC(N1CCC1)CO2. The molecule has 3 heteroatoms. The fourth-order valence-electron chi connectivity index (χ4n) is 2.31. The summed E-state index contributed by atoms with van der Waals surface area (Å²) in [6.45, 7) is 3.18. The predicted molar refractivity (Wildman–Crippen MR) is 57.3 cm³/mol. The number of phenols is 1. The number of nitrogens with zero attached hydrogens (tertiary/aromatic N) is 1. The Morgan fingerprint density at radius 2 is 2.20 bits per heavy atom. The van der Waals surface area contributed by atoms with Crippen molar-refractivity contribution in [3.8, 4) is 11.5 Å². The molecule has 0 aromatic heterocycles. The highest BCUT2D eigenvalue weighted by atomic mass is 16.5. The Labute approximate surface area is 89.3 Å². The Kier molecular flexibility index (Phi) is 2.06. The van der Waals surface area contributed by atoms with Gasteiger partial charge in [0.25, 0.3) is 0 Å². The number of hydrogen-bond donors (Lipinski definition) is 1. The Hall–Kier alpha value is -1.22. The van der Waals surface area contributed by atoms with Crippen LogP contribution >= 0.6 is 0 Å². The zero-order chi connectivity index (χ0) is 10.3. The van der Waals surface area contributed by atoms with E-state index in [0.29, 0.717) is 11.8 Å². The highest BCUT2D eigenvalue weighted by molar-refractivity contribution is 5.41. The van der Waals surface area contributed by atoms with Gasteiger partial charge in [-0.15, -0.1) is 0 Å². The van der Waals surface area contributed by atoms with Crippen molar-refractivity contribution in [1.82, 2.24) is 4.90 Å². The van der Waals surface area contributed by atoms with Gasteiger partial charge in [0.05, 0.1) is 0 Å². The molecular weight excluding hydrogens is 190 g/mol. The first kappa shape index (κ1) is 9.04. The summed E-state index contributed by atoms with van der Waals surface area (Å²) in [4.78, 5) is 2.45. The van der Waals surface area contributed by atoms with Gasteiger partial charge < -0.3 is 9.84 Å². The van der Waals surface area contributed by atoms with E-state index in [1.165, 1.54) is 19.5 Å². The fraction of sp³-hybridized carbons (Fsp3) is 0.500. The molecule has 15 heavy (non-hydrogen) atoms. The van der Waals surface area contributed by atoms with Crippen molar-refractivity contribution in [2.75, 3.05) is 19.7 Å². The summed E-state index contributed by atoms with van der Waals surface area (Å²) in [6, 6.07) is 5.87. The lowest BCUT2D eigenvalue weighted by Gasteiger charge is -2.40. The molecule has 3 nitrogen and oxygen atoms in total. The van der Waals surface area contributed by atoms with Gasteiger partial charge in [0.1, 0.15) is 18.1 Å². The average Bonchev–Trinajstić information content (AvgIpc) is 2.14. The number of fused-ring (bicyclic) bond motifs is 1. The van der Waals surface area contributed by atoms with Crippen LogP contribution in [0.25, 0.3) is 0 Å². The van der Waals surface area contributed by atoms with Gasteiger partial charge in [-0.3, -0.25) is 4.90 Å². The minimum absolute atomic E-state index is 0.335. The van der Waals surface area contributed by atoms with Crippen LogP contribution in [0.1, 0.15) is 12.0 Å². The molecule has 1 aromatic rings. The van der Waals surface area contributed by atoms with E-state index in [4.69, 9.17) is 4.74 Å². The fourth-order valence-corrected chi connectivity index (χ4v) is 2.31. The lowest BCUT2D eigenvalue weighted by Crippen LogP contribution is -2.50. The van der Waals surface area contributed by atoms with Crippen LogP contribution in [0.15, 0.2) is 18.2 Å². The summed E-state index contributed by atoms with van der Waals surface area (Å²) in [6.07, 6.45) is 2.31. The van der Waals surface area contributed by atoms with Crippen molar-refractivity contribution < 1.29 is 9.84 Å². The number of ether oxygens (including phenoxy) is 1. The van der Waals surface area contributed by atoms with Gasteiger partial charge in [0.2, 0.25) is 0 Å². The molecule has 1 N–H and O–H groups in total. The zero-order valence-corrected chi connectivity index (χ0v) is 8.65. The van der Waals surface area contributed by atoms with E-state index in [0.717, 1.165) is 24.3 Å². The third kappa shape index (κ3) is 1.57. The maximum atomic E-state index is 9.42. The van der Waals surface area contributed by atoms with E-state index >= 15 is 0 Å². The van der Waals surface area contributed by atoms with Crippen LogP contribution in [0.2, 0.25) is 0 Å². The Morgan fingerprint density at radius 1 is 1.33 bits per heavy atom. The second kappa shape index (κ2) is 3.42. The Balaban J connectivity index is 1.81. The molecule has 1 atom stereocenters. The molecule has 0 radical (unpaired) electrons. The molecule has 1 saturated heterocycles. The van der Waals surface area contributed by atoms with Crippen molar-refractivity contribution in [3.05, 3.63) is 23.8 Å².